The number of nitrogens with one attached hydrogen (secondary N) is 1. The van der Waals surface area contributed by atoms with E-state index < -0.39 is 0 Å². The molecule has 1 unspecified atom stereocenters. The molecule has 0 radical (unpaired) electrons. The topological polar surface area (TPSA) is 77.2 Å². The number of H-pyrrole nitrogens is 1. The summed E-state index contributed by atoms with van der Waals surface area (Å²) in [6, 6.07) is 4.21. The summed E-state index contributed by atoms with van der Waals surface area (Å²) in [5.74, 6) is 1.60. The Kier molecular flexibility index (Phi) is 3.46. The zero-order valence-electron chi connectivity index (χ0n) is 13.3. The van der Waals surface area contributed by atoms with Crippen molar-refractivity contribution in [1.29, 1.82) is 5.26 Å². The Morgan fingerprint density at radius 2 is 2.26 bits per heavy atom. The maximum Gasteiger partial charge on any atom is 0.272 e. The molecule has 2 aromatic heterocycles. The van der Waals surface area contributed by atoms with Crippen LogP contribution in [0.1, 0.15) is 43.9 Å². The van der Waals surface area contributed by atoms with Gasteiger partial charge in [-0.2, -0.15) is 5.26 Å². The molecule has 23 heavy (non-hydrogen) atoms. The summed E-state index contributed by atoms with van der Waals surface area (Å²) in [6.07, 6.45) is 6.79. The summed E-state index contributed by atoms with van der Waals surface area (Å²) in [7, 11) is 0. The molecule has 0 spiro atoms. The molecule has 2 fully saturated rings. The van der Waals surface area contributed by atoms with Gasteiger partial charge in [-0.3, -0.25) is 14.8 Å². The summed E-state index contributed by atoms with van der Waals surface area (Å²) in [5, 5.41) is 11.9. The van der Waals surface area contributed by atoms with E-state index in [4.69, 9.17) is 5.26 Å². The molecule has 2 heterocycles. The average Bonchev–Trinajstić information content (AvgIpc) is 3.44. The fourth-order valence-corrected chi connectivity index (χ4v) is 3.28. The van der Waals surface area contributed by atoms with Crippen LogP contribution in [0.4, 0.5) is 0 Å². The molecule has 6 nitrogen and oxygen atoms in total. The number of fused-ring (bicyclic) bond motifs is 1. The molecule has 2 aromatic rings. The van der Waals surface area contributed by atoms with Gasteiger partial charge in [0, 0.05) is 31.4 Å². The molecule has 1 atom stereocenters. The molecule has 120 valence electrons. The van der Waals surface area contributed by atoms with Gasteiger partial charge in [0.1, 0.15) is 11.6 Å². The molecule has 2 aliphatic carbocycles. The summed E-state index contributed by atoms with van der Waals surface area (Å²) in [4.78, 5) is 19.3. The molecule has 2 saturated carbocycles. The van der Waals surface area contributed by atoms with E-state index in [0.29, 0.717) is 23.8 Å². The lowest BCUT2D eigenvalue weighted by molar-refractivity contribution is 0.171. The van der Waals surface area contributed by atoms with Gasteiger partial charge in [0.15, 0.2) is 5.65 Å². The Morgan fingerprint density at radius 3 is 2.91 bits per heavy atom. The van der Waals surface area contributed by atoms with Gasteiger partial charge in [-0.1, -0.05) is 0 Å². The standard InChI is InChI=1S/C17H21N5O/c1-11(13-4-5-13)21(9-12-2-3-12)10-15-6-16(23)22-17(20-15)14(7-18)8-19-22/h6,8,11-13,19H,2-5,9-10H2,1H3. The minimum atomic E-state index is -0.156. The highest BCUT2D eigenvalue weighted by Gasteiger charge is 2.35. The summed E-state index contributed by atoms with van der Waals surface area (Å²) < 4.78 is 1.33. The van der Waals surface area contributed by atoms with Crippen molar-refractivity contribution < 1.29 is 0 Å². The van der Waals surface area contributed by atoms with E-state index in [2.05, 4.69) is 28.0 Å². The van der Waals surface area contributed by atoms with Crippen LogP contribution in [0, 0.1) is 23.2 Å². The van der Waals surface area contributed by atoms with Crippen molar-refractivity contribution in [2.45, 2.75) is 45.2 Å². The highest BCUT2D eigenvalue weighted by Crippen LogP contribution is 2.38. The number of rotatable bonds is 6. The highest BCUT2D eigenvalue weighted by atomic mass is 16.1. The molecule has 0 amide bonds. The zero-order valence-corrected chi connectivity index (χ0v) is 13.3. The third-order valence-electron chi connectivity index (χ3n) is 5.11. The van der Waals surface area contributed by atoms with E-state index in [-0.39, 0.29) is 5.56 Å². The molecule has 4 rings (SSSR count). The van der Waals surface area contributed by atoms with Gasteiger partial charge in [-0.15, -0.1) is 0 Å². The van der Waals surface area contributed by atoms with Crippen LogP contribution in [0.2, 0.25) is 0 Å². The van der Waals surface area contributed by atoms with Gasteiger partial charge in [-0.05, 0) is 44.4 Å². The predicted octanol–water partition coefficient (Wildman–Crippen LogP) is 1.90. The molecule has 2 aliphatic rings. The van der Waals surface area contributed by atoms with Crippen LogP contribution < -0.4 is 5.56 Å². The summed E-state index contributed by atoms with van der Waals surface area (Å²) in [5.41, 5.74) is 1.45. The number of hydrogen-bond donors (Lipinski definition) is 1. The van der Waals surface area contributed by atoms with Gasteiger partial charge < -0.3 is 0 Å². The van der Waals surface area contributed by atoms with Crippen molar-refractivity contribution in [2.24, 2.45) is 11.8 Å². The fourth-order valence-electron chi connectivity index (χ4n) is 3.28. The minimum Gasteiger partial charge on any atom is -0.295 e. The lowest BCUT2D eigenvalue weighted by Crippen LogP contribution is -2.36. The van der Waals surface area contributed by atoms with E-state index in [0.717, 1.165) is 24.1 Å². The maximum absolute atomic E-state index is 12.2. The van der Waals surface area contributed by atoms with Crippen molar-refractivity contribution in [2.75, 3.05) is 6.54 Å². The van der Waals surface area contributed by atoms with Crippen LogP contribution in [-0.2, 0) is 6.54 Å². The van der Waals surface area contributed by atoms with E-state index in [9.17, 15) is 4.79 Å². The van der Waals surface area contributed by atoms with Crippen LogP contribution in [0.3, 0.4) is 0 Å². The molecular weight excluding hydrogens is 290 g/mol. The fraction of sp³-hybridized carbons (Fsp3) is 0.588. The van der Waals surface area contributed by atoms with Crippen LogP contribution >= 0.6 is 0 Å². The van der Waals surface area contributed by atoms with Crippen molar-refractivity contribution in [1.82, 2.24) is 19.5 Å². The molecule has 6 heteroatoms. The number of aromatic nitrogens is 3. The Labute approximate surface area is 134 Å². The van der Waals surface area contributed by atoms with Crippen molar-refractivity contribution in [3.63, 3.8) is 0 Å². The SMILES string of the molecule is CC(C1CC1)N(Cc1cc(=O)n2[nH]cc(C#N)c2n1)CC1CC1. The largest absolute Gasteiger partial charge is 0.295 e. The Balaban J connectivity index is 1.63. The molecule has 0 aliphatic heterocycles. The third-order valence-corrected chi connectivity index (χ3v) is 5.11. The first kappa shape index (κ1) is 14.5. The maximum atomic E-state index is 12.2. The van der Waals surface area contributed by atoms with Crippen LogP contribution in [0.15, 0.2) is 17.1 Å². The van der Waals surface area contributed by atoms with Crippen LogP contribution in [0.5, 0.6) is 0 Å². The van der Waals surface area contributed by atoms with Crippen molar-refractivity contribution in [3.05, 3.63) is 33.9 Å². The third kappa shape index (κ3) is 2.89. The molecule has 0 saturated heterocycles. The number of nitrogens with zero attached hydrogens (tertiary/aromatic N) is 4. The van der Waals surface area contributed by atoms with E-state index in [1.165, 1.54) is 36.4 Å². The van der Waals surface area contributed by atoms with Crippen molar-refractivity contribution >= 4 is 5.65 Å². The normalized spacial score (nSPS) is 19.2. The lowest BCUT2D eigenvalue weighted by Gasteiger charge is -2.29. The molecule has 0 aromatic carbocycles. The Bertz CT molecular complexity index is 822. The van der Waals surface area contributed by atoms with Gasteiger partial charge in [0.2, 0.25) is 0 Å². The monoisotopic (exact) mass is 311 g/mol. The van der Waals surface area contributed by atoms with E-state index in [1.807, 2.05) is 0 Å². The molecule has 0 bridgehead atoms. The molecule has 1 N–H and O–H groups in total. The van der Waals surface area contributed by atoms with Crippen LogP contribution in [-0.4, -0.2) is 32.1 Å². The average molecular weight is 311 g/mol. The smallest absolute Gasteiger partial charge is 0.272 e. The van der Waals surface area contributed by atoms with Gasteiger partial charge in [-0.25, -0.2) is 9.50 Å². The Morgan fingerprint density at radius 1 is 1.48 bits per heavy atom. The lowest BCUT2D eigenvalue weighted by atomic mass is 10.1. The first-order valence-electron chi connectivity index (χ1n) is 8.40. The zero-order chi connectivity index (χ0) is 16.0. The second-order valence-corrected chi connectivity index (χ2v) is 6.99. The quantitative estimate of drug-likeness (QED) is 0.884. The van der Waals surface area contributed by atoms with Crippen LogP contribution in [0.25, 0.3) is 5.65 Å². The second-order valence-electron chi connectivity index (χ2n) is 6.99. The number of nitriles is 1. The number of hydrogen-bond acceptors (Lipinski definition) is 4. The second kappa shape index (κ2) is 5.50. The Hall–Kier alpha value is -2.13. The van der Waals surface area contributed by atoms with Gasteiger partial charge in [0.05, 0.1) is 5.69 Å². The van der Waals surface area contributed by atoms with Gasteiger partial charge in [0.25, 0.3) is 5.56 Å². The number of aromatic amines is 1. The first-order chi connectivity index (χ1) is 11.2. The highest BCUT2D eigenvalue weighted by molar-refractivity contribution is 5.53. The van der Waals surface area contributed by atoms with Gasteiger partial charge >= 0.3 is 0 Å². The van der Waals surface area contributed by atoms with Crippen molar-refractivity contribution in [3.8, 4) is 6.07 Å². The van der Waals surface area contributed by atoms with E-state index >= 15 is 0 Å². The molecular formula is C17H21N5O. The first-order valence-corrected chi connectivity index (χ1v) is 8.40. The minimum absolute atomic E-state index is 0.156. The summed E-state index contributed by atoms with van der Waals surface area (Å²) in [6.45, 7) is 4.08. The summed E-state index contributed by atoms with van der Waals surface area (Å²) >= 11 is 0. The van der Waals surface area contributed by atoms with E-state index in [1.54, 1.807) is 6.07 Å². The predicted molar refractivity (Wildman–Crippen MR) is 85.8 cm³/mol.